The van der Waals surface area contributed by atoms with Crippen molar-refractivity contribution in [3.63, 3.8) is 0 Å². The number of carbonyl (C=O) groups excluding carboxylic acids is 2. The minimum atomic E-state index is -0.528. The van der Waals surface area contributed by atoms with Crippen LogP contribution in [0.4, 0.5) is 0 Å². The highest BCUT2D eigenvalue weighted by atomic mass is 16.5. The van der Waals surface area contributed by atoms with Gasteiger partial charge in [0.1, 0.15) is 17.4 Å². The fourth-order valence-corrected chi connectivity index (χ4v) is 3.26. The Morgan fingerprint density at radius 1 is 1.22 bits per heavy atom. The SMILES string of the molecule is Cc1cc(OCC(=O)NC2CCCCNC2=O)c2c(C)c(C)c(=O)oc2c1. The van der Waals surface area contributed by atoms with E-state index in [2.05, 4.69) is 10.6 Å². The zero-order chi connectivity index (χ0) is 19.6. The van der Waals surface area contributed by atoms with Crippen LogP contribution in [0, 0.1) is 20.8 Å². The molecule has 3 rings (SSSR count). The van der Waals surface area contributed by atoms with E-state index in [1.54, 1.807) is 19.1 Å². The van der Waals surface area contributed by atoms with Gasteiger partial charge in [-0.2, -0.15) is 0 Å². The zero-order valence-electron chi connectivity index (χ0n) is 15.8. The van der Waals surface area contributed by atoms with Gasteiger partial charge in [-0.3, -0.25) is 9.59 Å². The summed E-state index contributed by atoms with van der Waals surface area (Å²) in [6.07, 6.45) is 2.41. The first-order valence-electron chi connectivity index (χ1n) is 9.11. The van der Waals surface area contributed by atoms with Crippen LogP contribution in [0.25, 0.3) is 11.0 Å². The summed E-state index contributed by atoms with van der Waals surface area (Å²) in [5.41, 5.74) is 2.18. The molecule has 1 atom stereocenters. The Bertz CT molecular complexity index is 948. The lowest BCUT2D eigenvalue weighted by Crippen LogP contribution is -2.46. The van der Waals surface area contributed by atoms with Crippen LogP contribution in [0.2, 0.25) is 0 Å². The van der Waals surface area contributed by atoms with Gasteiger partial charge in [0.15, 0.2) is 6.61 Å². The Kier molecular flexibility index (Phi) is 5.48. The quantitative estimate of drug-likeness (QED) is 0.799. The molecule has 1 aliphatic rings. The van der Waals surface area contributed by atoms with Crippen molar-refractivity contribution >= 4 is 22.8 Å². The molecule has 1 aliphatic heterocycles. The Labute approximate surface area is 157 Å². The van der Waals surface area contributed by atoms with E-state index < -0.39 is 6.04 Å². The smallest absolute Gasteiger partial charge is 0.339 e. The topological polar surface area (TPSA) is 97.6 Å². The molecule has 2 heterocycles. The standard InChI is InChI=1S/C20H24N2O5/c1-11-8-15(18-12(2)13(3)20(25)27-16(18)9-11)26-10-17(23)22-14-6-4-5-7-21-19(14)24/h8-9,14H,4-7,10H2,1-3H3,(H,21,24)(H,22,23). The molecule has 2 amide bonds. The Morgan fingerprint density at radius 3 is 2.78 bits per heavy atom. The van der Waals surface area contributed by atoms with Crippen LogP contribution >= 0.6 is 0 Å². The minimum Gasteiger partial charge on any atom is -0.483 e. The van der Waals surface area contributed by atoms with E-state index in [4.69, 9.17) is 9.15 Å². The number of ether oxygens (including phenoxy) is 1. The van der Waals surface area contributed by atoms with Crippen LogP contribution in [0.5, 0.6) is 5.75 Å². The van der Waals surface area contributed by atoms with Crippen molar-refractivity contribution in [3.05, 3.63) is 39.2 Å². The van der Waals surface area contributed by atoms with Gasteiger partial charge in [-0.1, -0.05) is 0 Å². The number of hydrogen-bond acceptors (Lipinski definition) is 5. The number of benzene rings is 1. The summed E-state index contributed by atoms with van der Waals surface area (Å²) >= 11 is 0. The molecule has 0 bridgehead atoms. The van der Waals surface area contributed by atoms with Crippen molar-refractivity contribution in [2.45, 2.75) is 46.1 Å². The number of aryl methyl sites for hydroxylation is 2. The second-order valence-corrected chi connectivity index (χ2v) is 6.97. The predicted molar refractivity (Wildman–Crippen MR) is 101 cm³/mol. The number of amides is 2. The normalized spacial score (nSPS) is 17.3. The largest absolute Gasteiger partial charge is 0.483 e. The molecule has 1 fully saturated rings. The first-order valence-corrected chi connectivity index (χ1v) is 9.11. The molecule has 2 N–H and O–H groups in total. The van der Waals surface area contributed by atoms with E-state index >= 15 is 0 Å². The van der Waals surface area contributed by atoms with Crippen molar-refractivity contribution in [2.75, 3.05) is 13.2 Å². The molecule has 7 nitrogen and oxygen atoms in total. The van der Waals surface area contributed by atoms with E-state index in [1.807, 2.05) is 13.8 Å². The average Bonchev–Trinajstić information content (AvgIpc) is 2.82. The molecule has 0 saturated carbocycles. The van der Waals surface area contributed by atoms with Crippen LogP contribution in [0.15, 0.2) is 21.3 Å². The summed E-state index contributed by atoms with van der Waals surface area (Å²) in [6, 6.07) is 3.05. The molecule has 2 aromatic rings. The van der Waals surface area contributed by atoms with Gasteiger partial charge in [0.05, 0.1) is 5.39 Å². The summed E-state index contributed by atoms with van der Waals surface area (Å²) in [4.78, 5) is 36.1. The molecule has 1 saturated heterocycles. The van der Waals surface area contributed by atoms with Gasteiger partial charge in [0, 0.05) is 12.1 Å². The maximum Gasteiger partial charge on any atom is 0.339 e. The van der Waals surface area contributed by atoms with Gasteiger partial charge in [-0.25, -0.2) is 4.79 Å². The van der Waals surface area contributed by atoms with Crippen LogP contribution in [0.3, 0.4) is 0 Å². The van der Waals surface area contributed by atoms with Gasteiger partial charge < -0.3 is 19.8 Å². The van der Waals surface area contributed by atoms with E-state index in [0.29, 0.717) is 35.2 Å². The number of hydrogen-bond donors (Lipinski definition) is 2. The van der Waals surface area contributed by atoms with Crippen molar-refractivity contribution in [2.24, 2.45) is 0 Å². The van der Waals surface area contributed by atoms with E-state index in [0.717, 1.165) is 24.0 Å². The molecule has 1 aromatic carbocycles. The van der Waals surface area contributed by atoms with Crippen LogP contribution in [-0.2, 0) is 9.59 Å². The molecular weight excluding hydrogens is 348 g/mol. The first kappa shape index (κ1) is 18.9. The van der Waals surface area contributed by atoms with Gasteiger partial charge in [-0.05, 0) is 63.3 Å². The van der Waals surface area contributed by atoms with Crippen molar-refractivity contribution < 1.29 is 18.7 Å². The van der Waals surface area contributed by atoms with Gasteiger partial charge in [0.2, 0.25) is 5.91 Å². The third-order valence-electron chi connectivity index (χ3n) is 4.89. The van der Waals surface area contributed by atoms with Crippen molar-refractivity contribution in [1.29, 1.82) is 0 Å². The lowest BCUT2D eigenvalue weighted by Gasteiger charge is -2.16. The average molecular weight is 372 g/mol. The predicted octanol–water partition coefficient (Wildman–Crippen LogP) is 1.88. The van der Waals surface area contributed by atoms with E-state index in [9.17, 15) is 14.4 Å². The molecule has 1 aromatic heterocycles. The molecule has 7 heteroatoms. The summed E-state index contributed by atoms with van der Waals surface area (Å²) in [6.45, 7) is 5.80. The lowest BCUT2D eigenvalue weighted by atomic mass is 10.0. The fraction of sp³-hybridized carbons (Fsp3) is 0.450. The number of fused-ring (bicyclic) bond motifs is 1. The molecule has 1 unspecified atom stereocenters. The number of rotatable bonds is 4. The van der Waals surface area contributed by atoms with Crippen molar-refractivity contribution in [3.8, 4) is 5.75 Å². The second kappa shape index (κ2) is 7.82. The number of carbonyl (C=O) groups is 2. The van der Waals surface area contributed by atoms with Crippen molar-refractivity contribution in [1.82, 2.24) is 10.6 Å². The first-order chi connectivity index (χ1) is 12.9. The summed E-state index contributed by atoms with van der Waals surface area (Å²) in [5, 5.41) is 6.19. The summed E-state index contributed by atoms with van der Waals surface area (Å²) < 4.78 is 11.1. The molecule has 0 spiro atoms. The Hall–Kier alpha value is -2.83. The van der Waals surface area contributed by atoms with Crippen LogP contribution < -0.4 is 21.0 Å². The molecule has 0 aliphatic carbocycles. The van der Waals surface area contributed by atoms with Gasteiger partial charge in [-0.15, -0.1) is 0 Å². The maximum absolute atomic E-state index is 12.3. The second-order valence-electron chi connectivity index (χ2n) is 6.97. The van der Waals surface area contributed by atoms with Crippen LogP contribution in [0.1, 0.15) is 36.0 Å². The maximum atomic E-state index is 12.3. The summed E-state index contributed by atoms with van der Waals surface area (Å²) in [7, 11) is 0. The zero-order valence-corrected chi connectivity index (χ0v) is 15.8. The van der Waals surface area contributed by atoms with E-state index in [-0.39, 0.29) is 24.0 Å². The van der Waals surface area contributed by atoms with Crippen LogP contribution in [-0.4, -0.2) is 31.0 Å². The highest BCUT2D eigenvalue weighted by molar-refractivity contribution is 5.90. The third kappa shape index (κ3) is 4.13. The Balaban J connectivity index is 1.78. The monoisotopic (exact) mass is 372 g/mol. The molecule has 27 heavy (non-hydrogen) atoms. The molecule has 144 valence electrons. The third-order valence-corrected chi connectivity index (χ3v) is 4.89. The highest BCUT2D eigenvalue weighted by Gasteiger charge is 2.22. The number of nitrogens with one attached hydrogen (secondary N) is 2. The lowest BCUT2D eigenvalue weighted by molar-refractivity contribution is -0.129. The van der Waals surface area contributed by atoms with Gasteiger partial charge in [0.25, 0.3) is 5.91 Å². The Morgan fingerprint density at radius 2 is 2.00 bits per heavy atom. The molecular formula is C20H24N2O5. The summed E-state index contributed by atoms with van der Waals surface area (Å²) in [5.74, 6) is -0.0385. The van der Waals surface area contributed by atoms with E-state index in [1.165, 1.54) is 0 Å². The fourth-order valence-electron chi connectivity index (χ4n) is 3.26. The highest BCUT2D eigenvalue weighted by Crippen LogP contribution is 2.30. The minimum absolute atomic E-state index is 0.157. The van der Waals surface area contributed by atoms with Gasteiger partial charge >= 0.3 is 5.63 Å². The molecule has 0 radical (unpaired) electrons.